The van der Waals surface area contributed by atoms with E-state index in [0.717, 1.165) is 25.1 Å². The molecule has 0 saturated carbocycles. The molecule has 0 aromatic carbocycles. The predicted molar refractivity (Wildman–Crippen MR) is 46.3 cm³/mol. The van der Waals surface area contributed by atoms with Crippen LogP contribution in [0.15, 0.2) is 0 Å². The van der Waals surface area contributed by atoms with Crippen molar-refractivity contribution in [3.63, 3.8) is 0 Å². The first-order valence-electron chi connectivity index (χ1n) is 3.54. The highest BCUT2D eigenvalue weighted by atomic mass is 32.2. The number of Topliss-reactive ketones (excluding diaryl/α,β-unsaturated/α-hetero) is 1. The summed E-state index contributed by atoms with van der Waals surface area (Å²) >= 11 is 1.70. The summed E-state index contributed by atoms with van der Waals surface area (Å²) in [5.74, 6) is 1.99. The van der Waals surface area contributed by atoms with E-state index in [1.54, 1.807) is 18.7 Å². The van der Waals surface area contributed by atoms with Crippen LogP contribution in [0.25, 0.3) is 0 Å². The van der Waals surface area contributed by atoms with Gasteiger partial charge in [-0.2, -0.15) is 11.8 Å². The molecule has 0 bridgehead atoms. The minimum absolute atomic E-state index is 0.262. The summed E-state index contributed by atoms with van der Waals surface area (Å²) in [5, 5.41) is 0. The molecule has 2 N–H and O–H groups in total. The predicted octanol–water partition coefficient (Wildman–Crippen LogP) is 1.05. The van der Waals surface area contributed by atoms with Crippen molar-refractivity contribution in [2.45, 2.75) is 19.8 Å². The first kappa shape index (κ1) is 9.98. The quantitative estimate of drug-likeness (QED) is 0.592. The van der Waals surface area contributed by atoms with Crippen LogP contribution in [-0.4, -0.2) is 23.8 Å². The minimum atomic E-state index is 0.262. The molecule has 0 aromatic heterocycles. The molecule has 60 valence electrons. The summed E-state index contributed by atoms with van der Waals surface area (Å²) in [6, 6.07) is 0. The zero-order chi connectivity index (χ0) is 7.82. The van der Waals surface area contributed by atoms with Gasteiger partial charge in [0.1, 0.15) is 5.78 Å². The number of hydrogen-bond donors (Lipinski definition) is 1. The molecule has 0 aromatic rings. The molecule has 0 aliphatic heterocycles. The number of nitrogens with two attached hydrogens (primary N) is 1. The van der Waals surface area contributed by atoms with E-state index >= 15 is 0 Å². The van der Waals surface area contributed by atoms with E-state index in [2.05, 4.69) is 0 Å². The van der Waals surface area contributed by atoms with Crippen molar-refractivity contribution < 1.29 is 4.79 Å². The van der Waals surface area contributed by atoms with Crippen molar-refractivity contribution in [1.82, 2.24) is 0 Å². The van der Waals surface area contributed by atoms with Gasteiger partial charge in [-0.25, -0.2) is 0 Å². The molecule has 0 amide bonds. The number of unbranched alkanes of at least 4 members (excludes halogenated alkanes) is 1. The molecule has 2 nitrogen and oxygen atoms in total. The van der Waals surface area contributed by atoms with Gasteiger partial charge in [0.25, 0.3) is 0 Å². The second-order valence-corrected chi connectivity index (χ2v) is 3.36. The maximum Gasteiger partial charge on any atom is 0.139 e. The maximum absolute atomic E-state index is 10.4. The fraction of sp³-hybridized carbons (Fsp3) is 0.857. The van der Waals surface area contributed by atoms with E-state index in [1.165, 1.54) is 0 Å². The van der Waals surface area contributed by atoms with Crippen molar-refractivity contribution in [1.29, 1.82) is 0 Å². The lowest BCUT2D eigenvalue weighted by Crippen LogP contribution is -2.00. The van der Waals surface area contributed by atoms with Gasteiger partial charge in [0.05, 0.1) is 5.75 Å². The van der Waals surface area contributed by atoms with Gasteiger partial charge in [-0.3, -0.25) is 4.79 Å². The Kier molecular flexibility index (Phi) is 7.08. The Balaban J connectivity index is 2.84. The van der Waals surface area contributed by atoms with Gasteiger partial charge in [-0.15, -0.1) is 0 Å². The van der Waals surface area contributed by atoms with E-state index in [1.807, 2.05) is 0 Å². The van der Waals surface area contributed by atoms with Crippen molar-refractivity contribution in [2.24, 2.45) is 5.73 Å². The Morgan fingerprint density at radius 2 is 2.20 bits per heavy atom. The first-order chi connectivity index (χ1) is 4.77. The van der Waals surface area contributed by atoms with Crippen LogP contribution in [0.4, 0.5) is 0 Å². The molecular formula is C7H15NOS. The number of ketones is 1. The van der Waals surface area contributed by atoms with Crippen LogP contribution in [0.3, 0.4) is 0 Å². The second kappa shape index (κ2) is 7.09. The maximum atomic E-state index is 10.4. The largest absolute Gasteiger partial charge is 0.330 e. The average molecular weight is 161 g/mol. The molecule has 0 spiro atoms. The Morgan fingerprint density at radius 1 is 1.50 bits per heavy atom. The lowest BCUT2D eigenvalue weighted by molar-refractivity contribution is -0.114. The molecule has 0 heterocycles. The van der Waals surface area contributed by atoms with Crippen molar-refractivity contribution >= 4 is 17.5 Å². The number of thioether (sulfide) groups is 1. The first-order valence-corrected chi connectivity index (χ1v) is 4.70. The van der Waals surface area contributed by atoms with E-state index in [4.69, 9.17) is 5.73 Å². The fourth-order valence-electron chi connectivity index (χ4n) is 0.564. The number of carbonyl (C=O) groups is 1. The summed E-state index contributed by atoms with van der Waals surface area (Å²) < 4.78 is 0. The normalized spacial score (nSPS) is 9.80. The van der Waals surface area contributed by atoms with Crippen LogP contribution in [0.1, 0.15) is 19.8 Å². The van der Waals surface area contributed by atoms with Gasteiger partial charge >= 0.3 is 0 Å². The van der Waals surface area contributed by atoms with E-state index in [-0.39, 0.29) is 5.78 Å². The average Bonchev–Trinajstić information content (AvgIpc) is 1.87. The van der Waals surface area contributed by atoms with Crippen LogP contribution in [0.5, 0.6) is 0 Å². The molecule has 0 aliphatic carbocycles. The van der Waals surface area contributed by atoms with E-state index < -0.39 is 0 Å². The van der Waals surface area contributed by atoms with Gasteiger partial charge in [0.2, 0.25) is 0 Å². The summed E-state index contributed by atoms with van der Waals surface area (Å²) in [5.41, 5.74) is 5.29. The smallest absolute Gasteiger partial charge is 0.139 e. The summed E-state index contributed by atoms with van der Waals surface area (Å²) in [4.78, 5) is 10.4. The van der Waals surface area contributed by atoms with Crippen LogP contribution < -0.4 is 5.73 Å². The third kappa shape index (κ3) is 7.98. The van der Waals surface area contributed by atoms with Crippen molar-refractivity contribution in [3.8, 4) is 0 Å². The third-order valence-corrected chi connectivity index (χ3v) is 2.24. The second-order valence-electron chi connectivity index (χ2n) is 2.25. The fourth-order valence-corrected chi connectivity index (χ4v) is 1.40. The van der Waals surface area contributed by atoms with Gasteiger partial charge < -0.3 is 5.73 Å². The minimum Gasteiger partial charge on any atom is -0.330 e. The molecule has 0 unspecified atom stereocenters. The monoisotopic (exact) mass is 161 g/mol. The zero-order valence-corrected chi connectivity index (χ0v) is 7.25. The summed E-state index contributed by atoms with van der Waals surface area (Å²) in [7, 11) is 0. The lowest BCUT2D eigenvalue weighted by atomic mass is 10.3. The Bertz CT molecular complexity index is 95.6. The molecule has 0 saturated heterocycles. The molecule has 10 heavy (non-hydrogen) atoms. The summed E-state index contributed by atoms with van der Waals surface area (Å²) in [6.07, 6.45) is 2.21. The van der Waals surface area contributed by atoms with Crippen LogP contribution in [0, 0.1) is 0 Å². The molecule has 0 atom stereocenters. The Hall–Kier alpha value is -0.0200. The molecule has 0 radical (unpaired) electrons. The summed E-state index contributed by atoms with van der Waals surface area (Å²) in [6.45, 7) is 2.39. The van der Waals surface area contributed by atoms with Crippen LogP contribution in [0.2, 0.25) is 0 Å². The number of hydrogen-bond acceptors (Lipinski definition) is 3. The zero-order valence-electron chi connectivity index (χ0n) is 6.43. The van der Waals surface area contributed by atoms with Gasteiger partial charge in [-0.1, -0.05) is 0 Å². The highest BCUT2D eigenvalue weighted by Gasteiger charge is 1.92. The molecule has 0 aliphatic rings. The third-order valence-electron chi connectivity index (χ3n) is 1.05. The molecule has 3 heteroatoms. The van der Waals surface area contributed by atoms with E-state index in [0.29, 0.717) is 5.75 Å². The molecule has 0 rings (SSSR count). The standard InChI is InChI=1S/C7H15NOS/c1-7(9)6-10-5-3-2-4-8/h2-6,8H2,1H3. The topological polar surface area (TPSA) is 43.1 Å². The number of carbonyl (C=O) groups excluding carboxylic acids is 1. The van der Waals surface area contributed by atoms with Gasteiger partial charge in [0.15, 0.2) is 0 Å². The highest BCUT2D eigenvalue weighted by Crippen LogP contribution is 2.03. The van der Waals surface area contributed by atoms with Crippen LogP contribution in [-0.2, 0) is 4.79 Å². The molecule has 0 fully saturated rings. The van der Waals surface area contributed by atoms with Gasteiger partial charge in [0, 0.05) is 0 Å². The van der Waals surface area contributed by atoms with Crippen molar-refractivity contribution in [2.75, 3.05) is 18.1 Å². The molecular weight excluding hydrogens is 146 g/mol. The van der Waals surface area contributed by atoms with E-state index in [9.17, 15) is 4.79 Å². The lowest BCUT2D eigenvalue weighted by Gasteiger charge is -1.96. The SMILES string of the molecule is CC(=O)CSCCCCN. The Labute approximate surface area is 66.6 Å². The Morgan fingerprint density at radius 3 is 2.70 bits per heavy atom. The van der Waals surface area contributed by atoms with Gasteiger partial charge in [-0.05, 0) is 32.1 Å². The van der Waals surface area contributed by atoms with Crippen LogP contribution >= 0.6 is 11.8 Å². The number of rotatable bonds is 6. The van der Waals surface area contributed by atoms with Crippen molar-refractivity contribution in [3.05, 3.63) is 0 Å². The highest BCUT2D eigenvalue weighted by molar-refractivity contribution is 7.99.